The number of fused-ring (bicyclic) bond motifs is 1. The molecule has 0 aliphatic carbocycles. The van der Waals surface area contributed by atoms with E-state index >= 15 is 0 Å². The van der Waals surface area contributed by atoms with Crippen LogP contribution in [0.1, 0.15) is 29.3 Å². The van der Waals surface area contributed by atoms with Gasteiger partial charge in [-0.15, -0.1) is 0 Å². The van der Waals surface area contributed by atoms with Gasteiger partial charge in [0.1, 0.15) is 12.4 Å². The third kappa shape index (κ3) is 5.85. The van der Waals surface area contributed by atoms with Crippen molar-refractivity contribution < 1.29 is 32.3 Å². The number of aromatic nitrogens is 2. The van der Waals surface area contributed by atoms with E-state index in [1.165, 1.54) is 39.9 Å². The Morgan fingerprint density at radius 1 is 1.05 bits per heavy atom. The molecule has 6 nitrogen and oxygen atoms in total. The lowest BCUT2D eigenvalue weighted by molar-refractivity contribution is -0.138. The van der Waals surface area contributed by atoms with Gasteiger partial charge >= 0.3 is 12.1 Å². The van der Waals surface area contributed by atoms with Crippen LogP contribution < -0.4 is 0 Å². The quantitative estimate of drug-likeness (QED) is 0.292. The molecule has 2 aromatic carbocycles. The first-order valence-electron chi connectivity index (χ1n) is 11.9. The summed E-state index contributed by atoms with van der Waals surface area (Å²) in [5.74, 6) is -1.96. The van der Waals surface area contributed by atoms with Crippen LogP contribution in [0.25, 0.3) is 22.0 Å². The molecule has 4 rings (SSSR count). The maximum Gasteiger partial charge on any atom is 0.416 e. The monoisotopic (exact) mass is 527 g/mol. The highest BCUT2D eigenvalue weighted by Crippen LogP contribution is 2.38. The van der Waals surface area contributed by atoms with Gasteiger partial charge in [0.2, 0.25) is 5.91 Å². The Hall–Kier alpha value is -4.21. The second-order valence-corrected chi connectivity index (χ2v) is 8.99. The Morgan fingerprint density at radius 3 is 2.45 bits per heavy atom. The van der Waals surface area contributed by atoms with Crippen LogP contribution >= 0.6 is 0 Å². The first-order valence-corrected chi connectivity index (χ1v) is 11.9. The summed E-state index contributed by atoms with van der Waals surface area (Å²) in [6, 6.07) is 10.5. The molecule has 0 aliphatic rings. The molecular formula is C28H25F4N3O3. The molecule has 0 bridgehead atoms. The maximum absolute atomic E-state index is 14.4. The minimum Gasteiger partial charge on any atom is -0.480 e. The van der Waals surface area contributed by atoms with Crippen molar-refractivity contribution in [2.24, 2.45) is 0 Å². The summed E-state index contributed by atoms with van der Waals surface area (Å²) in [7, 11) is 0. The molecule has 2 aromatic heterocycles. The fourth-order valence-electron chi connectivity index (χ4n) is 4.39. The number of carboxylic acids is 1. The summed E-state index contributed by atoms with van der Waals surface area (Å²) >= 11 is 0. The van der Waals surface area contributed by atoms with E-state index in [1.807, 2.05) is 6.92 Å². The van der Waals surface area contributed by atoms with Crippen LogP contribution in [0.2, 0.25) is 0 Å². The van der Waals surface area contributed by atoms with E-state index < -0.39 is 30.1 Å². The van der Waals surface area contributed by atoms with Crippen molar-refractivity contribution in [3.63, 3.8) is 0 Å². The first kappa shape index (κ1) is 26.8. The summed E-state index contributed by atoms with van der Waals surface area (Å²) < 4.78 is 56.2. The molecule has 4 aromatic rings. The predicted molar refractivity (Wildman–Crippen MR) is 134 cm³/mol. The summed E-state index contributed by atoms with van der Waals surface area (Å²) in [6.45, 7) is 3.46. The minimum absolute atomic E-state index is 0.00623. The minimum atomic E-state index is -4.61. The van der Waals surface area contributed by atoms with E-state index in [4.69, 9.17) is 0 Å². The summed E-state index contributed by atoms with van der Waals surface area (Å²) in [5, 5.41) is 9.51. The summed E-state index contributed by atoms with van der Waals surface area (Å²) in [6.07, 6.45) is -1.46. The van der Waals surface area contributed by atoms with Gasteiger partial charge in [0.15, 0.2) is 0 Å². The fourth-order valence-corrected chi connectivity index (χ4v) is 4.39. The van der Waals surface area contributed by atoms with Crippen molar-refractivity contribution in [3.05, 3.63) is 89.1 Å². The average molecular weight is 528 g/mol. The fraction of sp³-hybridized carbons (Fsp3) is 0.250. The molecule has 0 unspecified atom stereocenters. The van der Waals surface area contributed by atoms with E-state index in [9.17, 15) is 32.3 Å². The van der Waals surface area contributed by atoms with Crippen molar-refractivity contribution in [2.75, 3.05) is 6.54 Å². The average Bonchev–Trinajstić information content (AvgIpc) is 3.20. The first-order chi connectivity index (χ1) is 18.0. The van der Waals surface area contributed by atoms with Crippen LogP contribution in [-0.4, -0.2) is 38.0 Å². The molecule has 0 atom stereocenters. The largest absolute Gasteiger partial charge is 0.480 e. The van der Waals surface area contributed by atoms with Crippen LogP contribution in [0.3, 0.4) is 0 Å². The van der Waals surface area contributed by atoms with Crippen LogP contribution in [0, 0.1) is 12.7 Å². The molecule has 38 heavy (non-hydrogen) atoms. The second-order valence-electron chi connectivity index (χ2n) is 8.99. The molecule has 0 spiro atoms. The number of benzene rings is 2. The van der Waals surface area contributed by atoms with Gasteiger partial charge in [0, 0.05) is 47.6 Å². The highest BCUT2D eigenvalue weighted by molar-refractivity contribution is 5.98. The molecule has 0 fully saturated rings. The van der Waals surface area contributed by atoms with Crippen LogP contribution in [0.15, 0.2) is 60.9 Å². The van der Waals surface area contributed by atoms with Gasteiger partial charge in [-0.2, -0.15) is 13.2 Å². The Kier molecular flexibility index (Phi) is 7.52. The van der Waals surface area contributed by atoms with E-state index in [1.54, 1.807) is 25.3 Å². The number of aliphatic carboxylic acids is 1. The van der Waals surface area contributed by atoms with E-state index in [0.717, 1.165) is 23.4 Å². The van der Waals surface area contributed by atoms with Crippen molar-refractivity contribution in [1.29, 1.82) is 0 Å². The van der Waals surface area contributed by atoms with Gasteiger partial charge in [-0.05, 0) is 66.9 Å². The zero-order chi connectivity index (χ0) is 27.6. The number of rotatable bonds is 8. The molecule has 2 heterocycles. The maximum atomic E-state index is 14.4. The number of likely N-dealkylation sites (N-methyl/N-ethyl adjacent to an activating group) is 1. The van der Waals surface area contributed by atoms with Crippen molar-refractivity contribution in [2.45, 2.75) is 39.5 Å². The third-order valence-corrected chi connectivity index (χ3v) is 6.30. The number of carbonyl (C=O) groups is 2. The van der Waals surface area contributed by atoms with Crippen LogP contribution in [0.4, 0.5) is 17.6 Å². The number of halogens is 4. The summed E-state index contributed by atoms with van der Waals surface area (Å²) in [5.41, 5.74) is 2.04. The molecule has 0 saturated carbocycles. The standard InChI is InChI=1S/C28H25F4N3O3/c1-3-34(26(36)10-18-5-4-17(2)33-13-18)14-19-11-21(29)7-8-22(19)24-15-35(16-27(37)38)25-9-6-20(12-23(24)25)28(30,31)32/h4-9,11-13,15H,3,10,14,16H2,1-2H3,(H,37,38). The predicted octanol–water partition coefficient (Wildman–Crippen LogP) is 5.85. The molecule has 0 aliphatic heterocycles. The molecule has 1 amide bonds. The van der Waals surface area contributed by atoms with Gasteiger partial charge < -0.3 is 14.6 Å². The van der Waals surface area contributed by atoms with E-state index in [-0.39, 0.29) is 24.3 Å². The van der Waals surface area contributed by atoms with Gasteiger partial charge in [0.25, 0.3) is 0 Å². The van der Waals surface area contributed by atoms with E-state index in [2.05, 4.69) is 4.98 Å². The molecule has 198 valence electrons. The number of hydrogen-bond donors (Lipinski definition) is 1. The van der Waals surface area contributed by atoms with Crippen LogP contribution in [-0.2, 0) is 35.3 Å². The topological polar surface area (TPSA) is 75.4 Å². The number of nitrogens with zero attached hydrogens (tertiary/aromatic N) is 3. The lowest BCUT2D eigenvalue weighted by Gasteiger charge is -2.23. The zero-order valence-electron chi connectivity index (χ0n) is 20.7. The number of pyridine rings is 1. The lowest BCUT2D eigenvalue weighted by atomic mass is 9.97. The number of amides is 1. The zero-order valence-corrected chi connectivity index (χ0v) is 20.7. The van der Waals surface area contributed by atoms with Gasteiger partial charge in [-0.25, -0.2) is 4.39 Å². The molecule has 10 heteroatoms. The Balaban J connectivity index is 1.77. The molecular weight excluding hydrogens is 502 g/mol. The van der Waals surface area contributed by atoms with Crippen molar-refractivity contribution in [3.8, 4) is 11.1 Å². The van der Waals surface area contributed by atoms with Gasteiger partial charge in [-0.3, -0.25) is 14.6 Å². The van der Waals surface area contributed by atoms with E-state index in [0.29, 0.717) is 28.8 Å². The van der Waals surface area contributed by atoms with Crippen LogP contribution in [0.5, 0.6) is 0 Å². The number of carboxylic acid groups (broad SMARTS) is 1. The normalized spacial score (nSPS) is 11.6. The number of aryl methyl sites for hydroxylation is 1. The Morgan fingerprint density at radius 2 is 1.82 bits per heavy atom. The number of hydrogen-bond acceptors (Lipinski definition) is 3. The summed E-state index contributed by atoms with van der Waals surface area (Å²) in [4.78, 5) is 30.2. The third-order valence-electron chi connectivity index (χ3n) is 6.30. The van der Waals surface area contributed by atoms with Crippen molar-refractivity contribution in [1.82, 2.24) is 14.5 Å². The Labute approximate surface area is 216 Å². The van der Waals surface area contributed by atoms with Gasteiger partial charge in [-0.1, -0.05) is 12.1 Å². The van der Waals surface area contributed by atoms with Crippen molar-refractivity contribution >= 4 is 22.8 Å². The SMILES string of the molecule is CCN(Cc1cc(F)ccc1-c1cn(CC(=O)O)c2ccc(C(F)(F)F)cc12)C(=O)Cc1ccc(C)nc1. The van der Waals surface area contributed by atoms with Gasteiger partial charge in [0.05, 0.1) is 12.0 Å². The highest BCUT2D eigenvalue weighted by Gasteiger charge is 2.31. The highest BCUT2D eigenvalue weighted by atomic mass is 19.4. The molecule has 0 saturated heterocycles. The lowest BCUT2D eigenvalue weighted by Crippen LogP contribution is -2.31. The molecule has 0 radical (unpaired) electrons. The second kappa shape index (κ2) is 10.6. The molecule has 1 N–H and O–H groups in total. The number of carbonyl (C=O) groups excluding carboxylic acids is 1. The number of alkyl halides is 3. The smallest absolute Gasteiger partial charge is 0.416 e. The Bertz CT molecular complexity index is 1490.